The molecule has 56 heavy (non-hydrogen) atoms. The van der Waals surface area contributed by atoms with Crippen LogP contribution in [0.4, 0.5) is 27.8 Å². The molecule has 0 fully saturated rings. The minimum absolute atomic E-state index is 0.133. The molecule has 2 amide bonds. The number of rotatable bonds is 4. The Morgan fingerprint density at radius 1 is 0.911 bits per heavy atom. The van der Waals surface area contributed by atoms with E-state index in [0.29, 0.717) is 29.2 Å². The Balaban J connectivity index is 0.000000358. The minimum atomic E-state index is -0.577. The summed E-state index contributed by atoms with van der Waals surface area (Å²) < 4.78 is 8.82. The first-order valence-electron chi connectivity index (χ1n) is 18.8. The highest BCUT2D eigenvalue weighted by molar-refractivity contribution is 6.32. The van der Waals surface area contributed by atoms with Crippen LogP contribution in [0, 0.1) is 0 Å². The molecule has 4 heterocycles. The topological polar surface area (TPSA) is 130 Å². The third kappa shape index (κ3) is 14.1. The standard InChI is InChI=1S/C22H28ClN5O3.C11H11ClN4.C4H7Cl.2C2H6/c1-6-17-13-28(12-16-11-25-27(5)19(16)26-17)20(29)14-7-8-15(18(23)9-14)10-24-21(30)31-22(2,3)4;1-16-11-7(6-14-16)5-13-9-3-2-8(12)4-10(9)15-11;1-2-3-4-5;2*1-2/h6-9,11,26H,10,12-13H2,1-5H3,(H,24,30);2-4,6,13,15H,5H2,1H3;3-4H,2H2,1H3;2*1-2H3/b17-6+;;4-3+;;. The van der Waals surface area contributed by atoms with Gasteiger partial charge in [-0.25, -0.2) is 4.79 Å². The molecule has 0 bridgehead atoms. The molecule has 306 valence electrons. The Kier molecular flexibility index (Phi) is 19.9. The van der Waals surface area contributed by atoms with Crippen LogP contribution in [0.1, 0.15) is 95.8 Å². The van der Waals surface area contributed by atoms with E-state index in [1.54, 1.807) is 54.7 Å². The van der Waals surface area contributed by atoms with Gasteiger partial charge in [-0.3, -0.25) is 14.2 Å². The number of hydrogen-bond acceptors (Lipinski definition) is 8. The molecule has 0 atom stereocenters. The van der Waals surface area contributed by atoms with Crippen molar-refractivity contribution in [2.45, 2.75) is 94.0 Å². The fourth-order valence-electron chi connectivity index (χ4n) is 5.17. The van der Waals surface area contributed by atoms with Gasteiger partial charge in [0.2, 0.25) is 0 Å². The van der Waals surface area contributed by atoms with Gasteiger partial charge in [0.25, 0.3) is 5.91 Å². The third-order valence-electron chi connectivity index (χ3n) is 7.82. The highest BCUT2D eigenvalue weighted by Crippen LogP contribution is 2.33. The van der Waals surface area contributed by atoms with Gasteiger partial charge < -0.3 is 30.9 Å². The summed E-state index contributed by atoms with van der Waals surface area (Å²) in [7, 11) is 3.78. The quantitative estimate of drug-likeness (QED) is 0.160. The Bertz CT molecular complexity index is 1930. The first-order chi connectivity index (χ1) is 26.7. The fourth-order valence-corrected chi connectivity index (χ4v) is 5.77. The zero-order chi connectivity index (χ0) is 42.0. The number of ether oxygens (including phenoxy) is 1. The van der Waals surface area contributed by atoms with E-state index >= 15 is 0 Å². The van der Waals surface area contributed by atoms with Crippen LogP contribution in [0.25, 0.3) is 0 Å². The normalized spacial score (nSPS) is 13.2. The summed E-state index contributed by atoms with van der Waals surface area (Å²) in [6.45, 7) is 19.2. The maximum atomic E-state index is 13.2. The van der Waals surface area contributed by atoms with Gasteiger partial charge in [-0.1, -0.05) is 87.6 Å². The van der Waals surface area contributed by atoms with E-state index in [1.165, 1.54) is 5.54 Å². The van der Waals surface area contributed by atoms with Crippen LogP contribution in [-0.2, 0) is 38.5 Å². The average molecular weight is 831 g/mol. The maximum absolute atomic E-state index is 13.2. The van der Waals surface area contributed by atoms with Gasteiger partial charge in [-0.15, -0.1) is 0 Å². The van der Waals surface area contributed by atoms with Crippen LogP contribution in [0.2, 0.25) is 10.0 Å². The second kappa shape index (κ2) is 23.4. The number of allylic oxidation sites excluding steroid dienone is 2. The lowest BCUT2D eigenvalue weighted by molar-refractivity contribution is 0.0523. The number of halogens is 3. The van der Waals surface area contributed by atoms with Gasteiger partial charge in [0.15, 0.2) is 0 Å². The summed E-state index contributed by atoms with van der Waals surface area (Å²) in [5.41, 5.74) is 7.17. The van der Waals surface area contributed by atoms with Crippen LogP contribution in [0.15, 0.2) is 72.2 Å². The van der Waals surface area contributed by atoms with Crippen LogP contribution >= 0.6 is 34.8 Å². The first-order valence-corrected chi connectivity index (χ1v) is 20.0. The van der Waals surface area contributed by atoms with Crippen LogP contribution in [0.5, 0.6) is 0 Å². The number of amides is 2. The number of carbonyl (C=O) groups excluding carboxylic acids is 2. The molecule has 0 radical (unpaired) electrons. The summed E-state index contributed by atoms with van der Waals surface area (Å²) in [5.74, 6) is 1.75. The molecule has 0 aliphatic carbocycles. The zero-order valence-corrected chi connectivity index (χ0v) is 36.7. The molecule has 2 aromatic heterocycles. The number of alkyl carbamates (subject to hydrolysis) is 1. The average Bonchev–Trinajstić information content (AvgIpc) is 3.54. The van der Waals surface area contributed by atoms with Crippen molar-refractivity contribution in [2.75, 3.05) is 22.5 Å². The van der Waals surface area contributed by atoms with E-state index in [-0.39, 0.29) is 12.5 Å². The molecule has 2 aromatic carbocycles. The van der Waals surface area contributed by atoms with Gasteiger partial charge in [0.05, 0.1) is 36.9 Å². The summed E-state index contributed by atoms with van der Waals surface area (Å²) in [5, 5.41) is 22.3. The monoisotopic (exact) mass is 829 g/mol. The van der Waals surface area contributed by atoms with Gasteiger partial charge in [-0.05, 0) is 70.0 Å². The maximum Gasteiger partial charge on any atom is 0.407 e. The Morgan fingerprint density at radius 3 is 2.12 bits per heavy atom. The zero-order valence-electron chi connectivity index (χ0n) is 34.5. The summed E-state index contributed by atoms with van der Waals surface area (Å²) in [4.78, 5) is 26.8. The van der Waals surface area contributed by atoms with Crippen molar-refractivity contribution in [1.29, 1.82) is 0 Å². The molecule has 0 unspecified atom stereocenters. The van der Waals surface area contributed by atoms with E-state index in [0.717, 1.165) is 57.8 Å². The van der Waals surface area contributed by atoms with Crippen molar-refractivity contribution in [2.24, 2.45) is 14.1 Å². The first kappa shape index (κ1) is 47.5. The smallest absolute Gasteiger partial charge is 0.407 e. The summed E-state index contributed by atoms with van der Waals surface area (Å²) in [6, 6.07) is 10.9. The largest absolute Gasteiger partial charge is 0.444 e. The molecule has 2 aliphatic rings. The molecular weight excluding hydrogens is 773 g/mol. The van der Waals surface area contributed by atoms with Crippen molar-refractivity contribution < 1.29 is 14.3 Å². The van der Waals surface area contributed by atoms with Crippen molar-refractivity contribution in [1.82, 2.24) is 29.8 Å². The van der Waals surface area contributed by atoms with E-state index in [1.807, 2.05) is 96.9 Å². The molecule has 0 saturated carbocycles. The molecule has 0 saturated heterocycles. The van der Waals surface area contributed by atoms with Crippen molar-refractivity contribution in [3.05, 3.63) is 104 Å². The number of benzene rings is 2. The van der Waals surface area contributed by atoms with Crippen molar-refractivity contribution in [3.8, 4) is 0 Å². The summed E-state index contributed by atoms with van der Waals surface area (Å²) >= 11 is 17.5. The van der Waals surface area contributed by atoms with Crippen molar-refractivity contribution in [3.63, 3.8) is 0 Å². The molecule has 4 aromatic rings. The molecule has 15 heteroatoms. The van der Waals surface area contributed by atoms with Crippen molar-refractivity contribution >= 4 is 69.8 Å². The van der Waals surface area contributed by atoms with Gasteiger partial charge in [0.1, 0.15) is 17.2 Å². The fraction of sp³-hybridized carbons (Fsp3) is 0.415. The number of aromatic nitrogens is 4. The second-order valence-corrected chi connectivity index (χ2v) is 14.1. The van der Waals surface area contributed by atoms with Gasteiger partial charge in [0, 0.05) is 65.2 Å². The number of anilines is 4. The van der Waals surface area contributed by atoms with E-state index in [9.17, 15) is 9.59 Å². The highest BCUT2D eigenvalue weighted by Gasteiger charge is 2.25. The Labute approximate surface area is 347 Å². The second-order valence-electron chi connectivity index (χ2n) is 13.0. The predicted molar refractivity (Wildman–Crippen MR) is 233 cm³/mol. The Hall–Kier alpha value is -4.65. The molecule has 12 nitrogen and oxygen atoms in total. The van der Waals surface area contributed by atoms with E-state index in [2.05, 4.69) is 31.5 Å². The number of nitrogens with one attached hydrogen (secondary N) is 4. The number of aryl methyl sites for hydroxylation is 2. The predicted octanol–water partition coefficient (Wildman–Crippen LogP) is 11.0. The number of hydrogen-bond donors (Lipinski definition) is 4. The SMILES string of the molecule is C/C=C1\CN(C(=O)c2ccc(CNC(=O)OC(C)(C)C)c(Cl)c2)Cc2cnn(C)c2N1.CC.CC.CC/C=C/Cl.Cn1ncc2c1Nc1cc(Cl)ccc1NC2. The van der Waals surface area contributed by atoms with E-state index < -0.39 is 11.7 Å². The van der Waals surface area contributed by atoms with Gasteiger partial charge in [-0.2, -0.15) is 10.2 Å². The number of fused-ring (bicyclic) bond motifs is 3. The molecule has 6 rings (SSSR count). The molecule has 2 aliphatic heterocycles. The van der Waals surface area contributed by atoms with Crippen LogP contribution in [0.3, 0.4) is 0 Å². The van der Waals surface area contributed by atoms with Crippen LogP contribution < -0.4 is 21.3 Å². The van der Waals surface area contributed by atoms with Gasteiger partial charge >= 0.3 is 6.09 Å². The lowest BCUT2D eigenvalue weighted by Gasteiger charge is -2.22. The third-order valence-corrected chi connectivity index (χ3v) is 8.58. The summed E-state index contributed by atoms with van der Waals surface area (Å²) in [6.07, 6.45) is 7.97. The lowest BCUT2D eigenvalue weighted by atomic mass is 10.1. The highest BCUT2D eigenvalue weighted by atomic mass is 35.5. The van der Waals surface area contributed by atoms with E-state index in [4.69, 9.17) is 39.5 Å². The minimum Gasteiger partial charge on any atom is -0.444 e. The lowest BCUT2D eigenvalue weighted by Crippen LogP contribution is -2.32. The molecule has 0 spiro atoms. The number of nitrogens with zero attached hydrogens (tertiary/aromatic N) is 5. The van der Waals surface area contributed by atoms with Crippen LogP contribution in [-0.4, -0.2) is 48.6 Å². The Morgan fingerprint density at radius 2 is 1.55 bits per heavy atom. The molecular formula is C41H58Cl3N9O3. The molecule has 4 N–H and O–H groups in total. The number of carbonyl (C=O) groups is 2.